The Morgan fingerprint density at radius 3 is 2.62 bits per heavy atom. The van der Waals surface area contributed by atoms with Gasteiger partial charge in [-0.15, -0.1) is 10.2 Å². The van der Waals surface area contributed by atoms with Gasteiger partial charge in [0.1, 0.15) is 0 Å². The minimum atomic E-state index is -0.306. The zero-order valence-electron chi connectivity index (χ0n) is 15.1. The van der Waals surface area contributed by atoms with Crippen molar-refractivity contribution in [2.75, 3.05) is 5.32 Å². The average molecular weight is 370 g/mol. The SMILES string of the molecule is CCc1ccc(NC(=O)C(C)Sc2nnc(-c3ccco3)n2CC)cc1. The van der Waals surface area contributed by atoms with Gasteiger partial charge in [0.2, 0.25) is 5.91 Å². The van der Waals surface area contributed by atoms with Crippen molar-refractivity contribution in [3.8, 4) is 11.6 Å². The zero-order valence-corrected chi connectivity index (χ0v) is 15.9. The van der Waals surface area contributed by atoms with E-state index in [0.29, 0.717) is 23.3 Å². The molecule has 0 aliphatic heterocycles. The van der Waals surface area contributed by atoms with Gasteiger partial charge >= 0.3 is 0 Å². The first kappa shape index (κ1) is 18.3. The highest BCUT2D eigenvalue weighted by molar-refractivity contribution is 8.00. The summed E-state index contributed by atoms with van der Waals surface area (Å²) in [4.78, 5) is 12.5. The molecule has 0 aliphatic carbocycles. The molecule has 2 aromatic heterocycles. The fraction of sp³-hybridized carbons (Fsp3) is 0.316. The minimum absolute atomic E-state index is 0.0653. The normalized spacial score (nSPS) is 12.1. The Hall–Kier alpha value is -2.54. The van der Waals surface area contributed by atoms with Crippen LogP contribution >= 0.6 is 11.8 Å². The summed E-state index contributed by atoms with van der Waals surface area (Å²) < 4.78 is 7.36. The number of anilines is 1. The number of amides is 1. The van der Waals surface area contributed by atoms with E-state index < -0.39 is 0 Å². The van der Waals surface area contributed by atoms with E-state index in [1.807, 2.05) is 54.8 Å². The largest absolute Gasteiger partial charge is 0.461 e. The van der Waals surface area contributed by atoms with Crippen molar-refractivity contribution >= 4 is 23.4 Å². The lowest BCUT2D eigenvalue weighted by Crippen LogP contribution is -2.23. The van der Waals surface area contributed by atoms with Gasteiger partial charge in [-0.3, -0.25) is 9.36 Å². The van der Waals surface area contributed by atoms with Gasteiger partial charge in [0.05, 0.1) is 11.5 Å². The predicted octanol–water partition coefficient (Wildman–Crippen LogP) is 4.24. The van der Waals surface area contributed by atoms with E-state index >= 15 is 0 Å². The quantitative estimate of drug-likeness (QED) is 0.630. The van der Waals surface area contributed by atoms with Crippen molar-refractivity contribution in [2.24, 2.45) is 0 Å². The first-order chi connectivity index (χ1) is 12.6. The van der Waals surface area contributed by atoms with Crippen molar-refractivity contribution in [1.82, 2.24) is 14.8 Å². The molecule has 136 valence electrons. The molecule has 7 heteroatoms. The molecular formula is C19H22N4O2S. The number of thioether (sulfide) groups is 1. The Kier molecular flexibility index (Phi) is 5.78. The average Bonchev–Trinajstić information content (AvgIpc) is 3.31. The third kappa shape index (κ3) is 3.99. The molecule has 1 amide bonds. The zero-order chi connectivity index (χ0) is 18.5. The van der Waals surface area contributed by atoms with Crippen LogP contribution in [-0.4, -0.2) is 25.9 Å². The number of carbonyl (C=O) groups excluding carboxylic acids is 1. The molecule has 0 bridgehead atoms. The van der Waals surface area contributed by atoms with E-state index in [2.05, 4.69) is 22.4 Å². The smallest absolute Gasteiger partial charge is 0.237 e. The lowest BCUT2D eigenvalue weighted by Gasteiger charge is -2.12. The van der Waals surface area contributed by atoms with Crippen LogP contribution < -0.4 is 5.32 Å². The topological polar surface area (TPSA) is 73.0 Å². The van der Waals surface area contributed by atoms with Crippen LogP contribution in [0.25, 0.3) is 11.6 Å². The van der Waals surface area contributed by atoms with Gasteiger partial charge in [-0.1, -0.05) is 30.8 Å². The summed E-state index contributed by atoms with van der Waals surface area (Å²) in [5.74, 6) is 1.27. The van der Waals surface area contributed by atoms with Gasteiger partial charge in [0.15, 0.2) is 16.7 Å². The second-order valence-corrected chi connectivity index (χ2v) is 7.14. The fourth-order valence-electron chi connectivity index (χ4n) is 2.53. The van der Waals surface area contributed by atoms with Gasteiger partial charge in [-0.05, 0) is 50.1 Å². The number of aromatic nitrogens is 3. The molecule has 2 heterocycles. The summed E-state index contributed by atoms with van der Waals surface area (Å²) in [6, 6.07) is 11.6. The molecule has 0 saturated carbocycles. The Morgan fingerprint density at radius 1 is 1.23 bits per heavy atom. The molecule has 0 saturated heterocycles. The molecule has 1 aromatic carbocycles. The number of nitrogens with one attached hydrogen (secondary N) is 1. The van der Waals surface area contributed by atoms with E-state index in [1.54, 1.807) is 6.26 Å². The number of aryl methyl sites for hydroxylation is 1. The molecule has 3 rings (SSSR count). The number of nitrogens with zero attached hydrogens (tertiary/aromatic N) is 3. The predicted molar refractivity (Wildman–Crippen MR) is 103 cm³/mol. The highest BCUT2D eigenvalue weighted by Gasteiger charge is 2.21. The number of carbonyl (C=O) groups is 1. The molecule has 0 aliphatic rings. The van der Waals surface area contributed by atoms with Crippen LogP contribution in [0.2, 0.25) is 0 Å². The second kappa shape index (κ2) is 8.23. The van der Waals surface area contributed by atoms with Crippen LogP contribution in [0, 0.1) is 0 Å². The number of benzene rings is 1. The maximum atomic E-state index is 12.5. The van der Waals surface area contributed by atoms with Crippen LogP contribution in [-0.2, 0) is 17.8 Å². The van der Waals surface area contributed by atoms with Crippen LogP contribution in [0.15, 0.2) is 52.2 Å². The maximum Gasteiger partial charge on any atom is 0.237 e. The van der Waals surface area contributed by atoms with Crippen molar-refractivity contribution < 1.29 is 9.21 Å². The minimum Gasteiger partial charge on any atom is -0.461 e. The maximum absolute atomic E-state index is 12.5. The van der Waals surface area contributed by atoms with E-state index in [9.17, 15) is 4.79 Å². The molecule has 3 aromatic rings. The van der Waals surface area contributed by atoms with Crippen molar-refractivity contribution in [3.63, 3.8) is 0 Å². The van der Waals surface area contributed by atoms with E-state index in [4.69, 9.17) is 4.42 Å². The lowest BCUT2D eigenvalue weighted by atomic mass is 10.1. The van der Waals surface area contributed by atoms with E-state index in [0.717, 1.165) is 12.1 Å². The monoisotopic (exact) mass is 370 g/mol. The summed E-state index contributed by atoms with van der Waals surface area (Å²) >= 11 is 1.38. The van der Waals surface area contributed by atoms with Crippen molar-refractivity contribution in [3.05, 3.63) is 48.2 Å². The first-order valence-electron chi connectivity index (χ1n) is 8.65. The van der Waals surface area contributed by atoms with Crippen LogP contribution in [0.1, 0.15) is 26.3 Å². The second-order valence-electron chi connectivity index (χ2n) is 5.83. The summed E-state index contributed by atoms with van der Waals surface area (Å²) in [6.45, 7) is 6.67. The summed E-state index contributed by atoms with van der Waals surface area (Å²) in [5, 5.41) is 11.8. The summed E-state index contributed by atoms with van der Waals surface area (Å²) in [5.41, 5.74) is 2.04. The van der Waals surface area contributed by atoms with Crippen LogP contribution in [0.5, 0.6) is 0 Å². The van der Waals surface area contributed by atoms with Gasteiger partial charge in [-0.2, -0.15) is 0 Å². The molecule has 26 heavy (non-hydrogen) atoms. The van der Waals surface area contributed by atoms with Gasteiger partial charge in [0, 0.05) is 12.2 Å². The molecule has 0 spiro atoms. The number of hydrogen-bond donors (Lipinski definition) is 1. The Labute approximate surface area is 157 Å². The summed E-state index contributed by atoms with van der Waals surface area (Å²) in [6.07, 6.45) is 2.59. The van der Waals surface area contributed by atoms with Crippen LogP contribution in [0.3, 0.4) is 0 Å². The first-order valence-corrected chi connectivity index (χ1v) is 9.53. The third-order valence-electron chi connectivity index (χ3n) is 4.06. The third-order valence-corrected chi connectivity index (χ3v) is 5.14. The summed E-state index contributed by atoms with van der Waals surface area (Å²) in [7, 11) is 0. The Bertz CT molecular complexity index is 856. The lowest BCUT2D eigenvalue weighted by molar-refractivity contribution is -0.115. The molecule has 1 unspecified atom stereocenters. The van der Waals surface area contributed by atoms with Crippen molar-refractivity contribution in [2.45, 2.75) is 44.1 Å². The molecule has 1 atom stereocenters. The molecule has 0 fully saturated rings. The molecule has 6 nitrogen and oxygen atoms in total. The van der Waals surface area contributed by atoms with Gasteiger partial charge < -0.3 is 9.73 Å². The Morgan fingerprint density at radius 2 is 2.00 bits per heavy atom. The van der Waals surface area contributed by atoms with Crippen LogP contribution in [0.4, 0.5) is 5.69 Å². The fourth-order valence-corrected chi connectivity index (χ4v) is 3.44. The van der Waals surface area contributed by atoms with Crippen molar-refractivity contribution in [1.29, 1.82) is 0 Å². The molecular weight excluding hydrogens is 348 g/mol. The van der Waals surface area contributed by atoms with Gasteiger partial charge in [-0.25, -0.2) is 0 Å². The highest BCUT2D eigenvalue weighted by atomic mass is 32.2. The molecule has 0 radical (unpaired) electrons. The highest BCUT2D eigenvalue weighted by Crippen LogP contribution is 2.27. The van der Waals surface area contributed by atoms with Gasteiger partial charge in [0.25, 0.3) is 0 Å². The van der Waals surface area contributed by atoms with E-state index in [1.165, 1.54) is 17.3 Å². The number of furan rings is 1. The number of hydrogen-bond acceptors (Lipinski definition) is 5. The Balaban J connectivity index is 1.69. The number of rotatable bonds is 7. The molecule has 1 N–H and O–H groups in total. The van der Waals surface area contributed by atoms with E-state index in [-0.39, 0.29) is 11.2 Å². The standard InChI is InChI=1S/C19H22N4O2S/c1-4-14-8-10-15(11-9-14)20-18(24)13(3)26-19-22-21-17(23(19)5-2)16-7-6-12-25-16/h6-13H,4-5H2,1-3H3,(H,20,24).